The lowest BCUT2D eigenvalue weighted by molar-refractivity contribution is 0.0978. The molecule has 0 aliphatic rings. The molecule has 0 bridgehead atoms. The molecule has 144 valence electrons. The lowest BCUT2D eigenvalue weighted by atomic mass is 10.0. The molecule has 3 N–H and O–H groups in total. The van der Waals surface area contributed by atoms with Gasteiger partial charge in [0.2, 0.25) is 0 Å². The minimum Gasteiger partial charge on any atom is -0.490 e. The summed E-state index contributed by atoms with van der Waals surface area (Å²) < 4.78 is 5.77. The molecule has 0 aliphatic heterocycles. The van der Waals surface area contributed by atoms with Crippen LogP contribution in [0, 0.1) is 12.3 Å². The van der Waals surface area contributed by atoms with Crippen molar-refractivity contribution in [1.29, 1.82) is 0 Å². The third kappa shape index (κ3) is 7.07. The van der Waals surface area contributed by atoms with Gasteiger partial charge in [-0.25, -0.2) is 0 Å². The van der Waals surface area contributed by atoms with E-state index in [2.05, 4.69) is 23.4 Å². The molecule has 0 aliphatic carbocycles. The molecular weight excluding hydrogens is 338 g/mol. The summed E-state index contributed by atoms with van der Waals surface area (Å²) in [6.45, 7) is 4.20. The first kappa shape index (κ1) is 21.0. The van der Waals surface area contributed by atoms with E-state index in [0.29, 0.717) is 18.7 Å². The normalized spacial score (nSPS) is 13.6. The Bertz CT molecular complexity index is 737. The van der Waals surface area contributed by atoms with Crippen LogP contribution in [0.4, 0.5) is 0 Å². The fraction of sp³-hybridized carbons (Fsp3) is 0.391. The maximum atomic E-state index is 10.6. The zero-order chi connectivity index (χ0) is 19.7. The molecule has 0 saturated heterocycles. The van der Waals surface area contributed by atoms with Crippen LogP contribution < -0.4 is 10.1 Å². The lowest BCUT2D eigenvalue weighted by Crippen LogP contribution is -2.43. The molecule has 2 rings (SSSR count). The number of hydrogen-bond donors (Lipinski definition) is 3. The number of nitrogens with one attached hydrogen (secondary N) is 1. The van der Waals surface area contributed by atoms with Gasteiger partial charge in [0.1, 0.15) is 18.5 Å². The highest BCUT2D eigenvalue weighted by atomic mass is 16.5. The lowest BCUT2D eigenvalue weighted by Gasteiger charge is -2.23. The van der Waals surface area contributed by atoms with Crippen molar-refractivity contribution >= 4 is 0 Å². The van der Waals surface area contributed by atoms with Crippen molar-refractivity contribution in [2.24, 2.45) is 0 Å². The van der Waals surface area contributed by atoms with Gasteiger partial charge in [-0.15, -0.1) is 6.42 Å². The molecule has 0 amide bonds. The number of aryl methyl sites for hydroxylation is 1. The smallest absolute Gasteiger partial charge is 0.125 e. The van der Waals surface area contributed by atoms with Gasteiger partial charge in [-0.2, -0.15) is 0 Å². The van der Waals surface area contributed by atoms with Crippen LogP contribution in [0.25, 0.3) is 0 Å². The molecule has 2 atom stereocenters. The second-order valence-corrected chi connectivity index (χ2v) is 7.19. The Balaban J connectivity index is 1.90. The van der Waals surface area contributed by atoms with Gasteiger partial charge in [0, 0.05) is 12.1 Å². The quantitative estimate of drug-likeness (QED) is 0.565. The Morgan fingerprint density at radius 3 is 2.44 bits per heavy atom. The Kier molecular flexibility index (Phi) is 7.87. The second-order valence-electron chi connectivity index (χ2n) is 7.19. The van der Waals surface area contributed by atoms with Gasteiger partial charge in [-0.3, -0.25) is 5.32 Å². The van der Waals surface area contributed by atoms with Crippen LogP contribution in [-0.2, 0) is 6.42 Å². The van der Waals surface area contributed by atoms with Crippen LogP contribution in [0.15, 0.2) is 54.6 Å². The number of benzene rings is 2. The highest BCUT2D eigenvalue weighted by Crippen LogP contribution is 2.28. The Labute approximate surface area is 162 Å². The van der Waals surface area contributed by atoms with Gasteiger partial charge < -0.3 is 14.9 Å². The average Bonchev–Trinajstić information content (AvgIpc) is 2.70. The van der Waals surface area contributed by atoms with Crippen molar-refractivity contribution in [3.05, 3.63) is 65.7 Å². The molecular formula is C23H29NO3. The van der Waals surface area contributed by atoms with Gasteiger partial charge >= 0.3 is 0 Å². The van der Waals surface area contributed by atoms with Gasteiger partial charge in [0.05, 0.1) is 11.6 Å². The maximum absolute atomic E-state index is 10.6. The van der Waals surface area contributed by atoms with E-state index in [1.54, 1.807) is 0 Å². The van der Waals surface area contributed by atoms with Gasteiger partial charge in [-0.05, 0) is 38.3 Å². The number of aliphatic hydroxyl groups is 2. The average molecular weight is 367 g/mol. The van der Waals surface area contributed by atoms with Crippen molar-refractivity contribution in [3.63, 3.8) is 0 Å². The second kappa shape index (κ2) is 10.1. The highest BCUT2D eigenvalue weighted by Gasteiger charge is 2.17. The van der Waals surface area contributed by atoms with Crippen LogP contribution in [0.5, 0.6) is 5.75 Å². The predicted molar refractivity (Wildman–Crippen MR) is 109 cm³/mol. The van der Waals surface area contributed by atoms with Crippen LogP contribution in [0.2, 0.25) is 0 Å². The molecule has 2 aromatic rings. The van der Waals surface area contributed by atoms with E-state index >= 15 is 0 Å². The molecule has 0 saturated carbocycles. The summed E-state index contributed by atoms with van der Waals surface area (Å²) in [5.74, 6) is 3.22. The number of para-hydroxylation sites is 1. The van der Waals surface area contributed by atoms with Crippen molar-refractivity contribution in [2.45, 2.75) is 44.4 Å². The van der Waals surface area contributed by atoms with Crippen molar-refractivity contribution < 1.29 is 14.9 Å². The first-order chi connectivity index (χ1) is 12.9. The molecule has 2 unspecified atom stereocenters. The number of rotatable bonds is 10. The number of aliphatic hydroxyl groups excluding tert-OH is 2. The molecule has 4 nitrogen and oxygen atoms in total. The summed E-state index contributed by atoms with van der Waals surface area (Å²) >= 11 is 0. The van der Waals surface area contributed by atoms with Gasteiger partial charge in [-0.1, -0.05) is 54.5 Å². The SMILES string of the molecule is C#CC(C)(C)NCC(O)COc1ccccc1C(O)CCc1ccccc1. The standard InChI is InChI=1S/C23H29NO3/c1-4-23(2,3)24-16-19(25)17-27-22-13-9-8-12-20(22)21(26)15-14-18-10-6-5-7-11-18/h1,5-13,19,21,24-26H,14-17H2,2-3H3. The van der Waals surface area contributed by atoms with Crippen LogP contribution in [0.3, 0.4) is 0 Å². The molecule has 27 heavy (non-hydrogen) atoms. The van der Waals surface area contributed by atoms with E-state index in [4.69, 9.17) is 11.2 Å². The van der Waals surface area contributed by atoms with Crippen molar-refractivity contribution in [2.75, 3.05) is 13.2 Å². The van der Waals surface area contributed by atoms with Gasteiger partial charge in [0.15, 0.2) is 0 Å². The zero-order valence-electron chi connectivity index (χ0n) is 16.1. The minimum atomic E-state index is -0.702. The first-order valence-corrected chi connectivity index (χ1v) is 9.26. The largest absolute Gasteiger partial charge is 0.490 e. The van der Waals surface area contributed by atoms with Crippen LogP contribution >= 0.6 is 0 Å². The summed E-state index contributed by atoms with van der Waals surface area (Å²) in [7, 11) is 0. The maximum Gasteiger partial charge on any atom is 0.125 e. The van der Waals surface area contributed by atoms with E-state index in [1.165, 1.54) is 5.56 Å². The third-order valence-electron chi connectivity index (χ3n) is 4.40. The molecule has 4 heteroatoms. The van der Waals surface area contributed by atoms with Crippen LogP contribution in [-0.4, -0.2) is 35.0 Å². The fourth-order valence-electron chi connectivity index (χ4n) is 2.66. The van der Waals surface area contributed by atoms with Crippen molar-refractivity contribution in [3.8, 4) is 18.1 Å². The molecule has 2 aromatic carbocycles. The highest BCUT2D eigenvalue weighted by molar-refractivity contribution is 5.35. The van der Waals surface area contributed by atoms with E-state index in [0.717, 1.165) is 12.0 Å². The number of terminal acetylenes is 1. The molecule has 0 spiro atoms. The summed E-state index contributed by atoms with van der Waals surface area (Å²) in [5.41, 5.74) is 1.44. The number of ether oxygens (including phenoxy) is 1. The van der Waals surface area contributed by atoms with E-state index in [9.17, 15) is 10.2 Å². The van der Waals surface area contributed by atoms with E-state index in [-0.39, 0.29) is 6.61 Å². The zero-order valence-corrected chi connectivity index (χ0v) is 16.1. The first-order valence-electron chi connectivity index (χ1n) is 9.26. The van der Waals surface area contributed by atoms with Crippen LogP contribution in [0.1, 0.15) is 37.5 Å². The molecule has 0 aromatic heterocycles. The van der Waals surface area contributed by atoms with E-state index in [1.807, 2.05) is 56.3 Å². The Morgan fingerprint density at radius 2 is 1.74 bits per heavy atom. The minimum absolute atomic E-state index is 0.121. The Hall–Kier alpha value is -2.32. The topological polar surface area (TPSA) is 61.7 Å². The number of hydrogen-bond acceptors (Lipinski definition) is 4. The monoisotopic (exact) mass is 367 g/mol. The number of β-amino-alcohol motifs (C(OH)–C–C–N with tert-alkyl or cyclic N) is 1. The third-order valence-corrected chi connectivity index (χ3v) is 4.40. The fourth-order valence-corrected chi connectivity index (χ4v) is 2.66. The van der Waals surface area contributed by atoms with E-state index < -0.39 is 17.7 Å². The Morgan fingerprint density at radius 1 is 1.07 bits per heavy atom. The molecule has 0 fully saturated rings. The molecule has 0 heterocycles. The predicted octanol–water partition coefficient (Wildman–Crippen LogP) is 3.09. The summed E-state index contributed by atoms with van der Waals surface area (Å²) in [5, 5.41) is 23.8. The van der Waals surface area contributed by atoms with Crippen molar-refractivity contribution in [1.82, 2.24) is 5.32 Å². The summed E-state index contributed by atoms with van der Waals surface area (Å²) in [6.07, 6.45) is 5.48. The summed E-state index contributed by atoms with van der Waals surface area (Å²) in [4.78, 5) is 0. The van der Waals surface area contributed by atoms with Gasteiger partial charge in [0.25, 0.3) is 0 Å². The molecule has 0 radical (unpaired) electrons. The summed E-state index contributed by atoms with van der Waals surface area (Å²) in [6, 6.07) is 17.5.